The Bertz CT molecular complexity index is 1300. The van der Waals surface area contributed by atoms with Crippen LogP contribution >= 0.6 is 0 Å². The molecule has 176 valence electrons. The highest BCUT2D eigenvalue weighted by molar-refractivity contribution is 5.93. The Morgan fingerprint density at radius 1 is 0.914 bits per heavy atom. The quantitative estimate of drug-likeness (QED) is 0.535. The number of hydrogen-bond donors (Lipinski definition) is 1. The minimum atomic E-state index is -0.427. The number of fused-ring (bicyclic) bond motifs is 5. The van der Waals surface area contributed by atoms with E-state index in [0.29, 0.717) is 12.2 Å². The molecule has 0 aromatic heterocycles. The second-order valence-electron chi connectivity index (χ2n) is 9.70. The Balaban J connectivity index is 1.22. The molecule has 0 spiro atoms. The molecule has 2 atom stereocenters. The van der Waals surface area contributed by atoms with Gasteiger partial charge in [-0.1, -0.05) is 66.7 Å². The summed E-state index contributed by atoms with van der Waals surface area (Å²) < 4.78 is 6.00. The van der Waals surface area contributed by atoms with E-state index in [4.69, 9.17) is 10.5 Å². The molecule has 1 fully saturated rings. The van der Waals surface area contributed by atoms with Crippen molar-refractivity contribution >= 4 is 17.6 Å². The first-order chi connectivity index (χ1) is 17.1. The normalized spacial score (nSPS) is 20.6. The van der Waals surface area contributed by atoms with Gasteiger partial charge in [0.1, 0.15) is 6.61 Å². The number of carbonyl (C=O) groups excluding carboxylic acids is 2. The van der Waals surface area contributed by atoms with Crippen LogP contribution in [0.3, 0.4) is 0 Å². The maximum absolute atomic E-state index is 13.4. The minimum absolute atomic E-state index is 0.00499. The van der Waals surface area contributed by atoms with Crippen LogP contribution in [-0.2, 0) is 4.74 Å². The third-order valence-electron chi connectivity index (χ3n) is 7.70. The fourth-order valence-corrected chi connectivity index (χ4v) is 6.07. The van der Waals surface area contributed by atoms with Gasteiger partial charge in [0.2, 0.25) is 5.91 Å². The fraction of sp³-hybridized carbons (Fsp3) is 0.267. The number of nitrogens with zero attached hydrogens (tertiary/aromatic N) is 1. The van der Waals surface area contributed by atoms with Gasteiger partial charge in [0.25, 0.3) is 0 Å². The SMILES string of the molecule is NC(=O)c1cccc(C2=CC3CCCC(C2)N3C(=O)OCC2c3ccccc3-c3ccccc32)c1. The lowest BCUT2D eigenvalue weighted by Gasteiger charge is -2.44. The van der Waals surface area contributed by atoms with E-state index >= 15 is 0 Å². The monoisotopic (exact) mass is 464 g/mol. The van der Waals surface area contributed by atoms with Crippen LogP contribution in [0.2, 0.25) is 0 Å². The predicted molar refractivity (Wildman–Crippen MR) is 136 cm³/mol. The highest BCUT2D eigenvalue weighted by atomic mass is 16.6. The van der Waals surface area contributed by atoms with E-state index in [1.165, 1.54) is 27.8 Å². The molecule has 2 heterocycles. The van der Waals surface area contributed by atoms with E-state index in [1.54, 1.807) is 6.07 Å². The summed E-state index contributed by atoms with van der Waals surface area (Å²) in [4.78, 5) is 27.0. The Morgan fingerprint density at radius 3 is 2.31 bits per heavy atom. The zero-order valence-electron chi connectivity index (χ0n) is 19.5. The van der Waals surface area contributed by atoms with Gasteiger partial charge in [-0.2, -0.15) is 0 Å². The van der Waals surface area contributed by atoms with Crippen molar-refractivity contribution in [1.29, 1.82) is 0 Å². The van der Waals surface area contributed by atoms with Crippen molar-refractivity contribution in [2.45, 2.75) is 43.7 Å². The average Bonchev–Trinajstić information content (AvgIpc) is 3.20. The standard InChI is InChI=1S/C30H28N2O3/c31-29(33)20-8-5-7-19(15-20)21-16-22-9-6-10-23(17-21)32(22)30(34)35-18-28-26-13-3-1-11-24(26)25-12-2-4-14-27(25)28/h1-5,7-8,11-16,22-23,28H,6,9-10,17-18H2,(H2,31,33). The van der Waals surface area contributed by atoms with Gasteiger partial charge in [-0.15, -0.1) is 0 Å². The lowest BCUT2D eigenvalue weighted by atomic mass is 9.83. The number of nitrogens with two attached hydrogens (primary N) is 1. The lowest BCUT2D eigenvalue weighted by Crippen LogP contribution is -2.51. The van der Waals surface area contributed by atoms with Crippen LogP contribution in [-0.4, -0.2) is 35.6 Å². The molecule has 0 saturated carbocycles. The molecule has 5 nitrogen and oxygen atoms in total. The Morgan fingerprint density at radius 2 is 1.63 bits per heavy atom. The van der Waals surface area contributed by atoms with E-state index in [1.807, 2.05) is 35.2 Å². The van der Waals surface area contributed by atoms with Crippen LogP contribution in [0.1, 0.15) is 58.6 Å². The third-order valence-corrected chi connectivity index (χ3v) is 7.70. The molecule has 6 rings (SSSR count). The van der Waals surface area contributed by atoms with Crippen molar-refractivity contribution < 1.29 is 14.3 Å². The zero-order valence-corrected chi connectivity index (χ0v) is 19.5. The molecule has 5 heteroatoms. The maximum Gasteiger partial charge on any atom is 0.410 e. The zero-order chi connectivity index (χ0) is 23.9. The van der Waals surface area contributed by atoms with Crippen molar-refractivity contribution in [2.24, 2.45) is 5.73 Å². The summed E-state index contributed by atoms with van der Waals surface area (Å²) in [5.41, 5.74) is 13.1. The second kappa shape index (κ2) is 8.73. The number of hydrogen-bond acceptors (Lipinski definition) is 3. The van der Waals surface area contributed by atoms with Crippen LogP contribution in [0.25, 0.3) is 16.7 Å². The van der Waals surface area contributed by atoms with Gasteiger partial charge in [-0.05, 0) is 71.2 Å². The van der Waals surface area contributed by atoms with Crippen molar-refractivity contribution in [1.82, 2.24) is 4.90 Å². The smallest absolute Gasteiger partial charge is 0.410 e. The van der Waals surface area contributed by atoms with Crippen LogP contribution in [0.4, 0.5) is 4.79 Å². The number of carbonyl (C=O) groups is 2. The summed E-state index contributed by atoms with van der Waals surface area (Å²) in [5.74, 6) is -0.373. The van der Waals surface area contributed by atoms with Crippen molar-refractivity contribution in [3.05, 3.63) is 101 Å². The molecule has 2 N–H and O–H groups in total. The molecule has 2 aliphatic heterocycles. The van der Waals surface area contributed by atoms with E-state index in [9.17, 15) is 9.59 Å². The summed E-state index contributed by atoms with van der Waals surface area (Å²) in [6.07, 6.45) is 5.66. The third kappa shape index (κ3) is 3.81. The number of primary amides is 1. The molecule has 35 heavy (non-hydrogen) atoms. The Kier molecular flexibility index (Phi) is 5.40. The Labute approximate surface area is 205 Å². The molecule has 3 aromatic rings. The summed E-state index contributed by atoms with van der Waals surface area (Å²) in [6, 6.07) is 24.3. The highest BCUT2D eigenvalue weighted by Gasteiger charge is 2.39. The molecule has 1 saturated heterocycles. The lowest BCUT2D eigenvalue weighted by molar-refractivity contribution is 0.0539. The Hall–Kier alpha value is -3.86. The van der Waals surface area contributed by atoms with E-state index in [0.717, 1.165) is 31.2 Å². The molecule has 2 amide bonds. The minimum Gasteiger partial charge on any atom is -0.448 e. The van der Waals surface area contributed by atoms with Gasteiger partial charge in [0.15, 0.2) is 0 Å². The van der Waals surface area contributed by atoms with Crippen LogP contribution in [0.15, 0.2) is 78.9 Å². The first kappa shape index (κ1) is 21.7. The number of ether oxygens (including phenoxy) is 1. The molecule has 3 aliphatic rings. The molecule has 2 bridgehead atoms. The summed E-state index contributed by atoms with van der Waals surface area (Å²) in [5, 5.41) is 0. The second-order valence-corrected chi connectivity index (χ2v) is 9.70. The topological polar surface area (TPSA) is 72.6 Å². The van der Waals surface area contributed by atoms with Gasteiger partial charge in [-0.25, -0.2) is 4.79 Å². The summed E-state index contributed by atoms with van der Waals surface area (Å²) in [7, 11) is 0. The predicted octanol–water partition coefficient (Wildman–Crippen LogP) is 5.74. The number of rotatable bonds is 4. The van der Waals surface area contributed by atoms with Crippen LogP contribution < -0.4 is 5.73 Å². The number of piperidine rings is 1. The number of amides is 2. The molecule has 1 aliphatic carbocycles. The van der Waals surface area contributed by atoms with E-state index in [-0.39, 0.29) is 24.1 Å². The van der Waals surface area contributed by atoms with Gasteiger partial charge in [-0.3, -0.25) is 9.69 Å². The first-order valence-electron chi connectivity index (χ1n) is 12.3. The van der Waals surface area contributed by atoms with Crippen LogP contribution in [0, 0.1) is 0 Å². The maximum atomic E-state index is 13.4. The van der Waals surface area contributed by atoms with E-state index in [2.05, 4.69) is 42.5 Å². The van der Waals surface area contributed by atoms with Crippen molar-refractivity contribution in [3.63, 3.8) is 0 Å². The highest BCUT2D eigenvalue weighted by Crippen LogP contribution is 2.45. The molecule has 3 aromatic carbocycles. The van der Waals surface area contributed by atoms with Crippen LogP contribution in [0.5, 0.6) is 0 Å². The van der Waals surface area contributed by atoms with Gasteiger partial charge < -0.3 is 10.5 Å². The average molecular weight is 465 g/mol. The summed E-state index contributed by atoms with van der Waals surface area (Å²) in [6.45, 7) is 0.333. The van der Waals surface area contributed by atoms with Gasteiger partial charge >= 0.3 is 6.09 Å². The van der Waals surface area contributed by atoms with Gasteiger partial charge in [0.05, 0.1) is 6.04 Å². The van der Waals surface area contributed by atoms with Crippen molar-refractivity contribution in [2.75, 3.05) is 6.61 Å². The van der Waals surface area contributed by atoms with E-state index < -0.39 is 5.91 Å². The molecular formula is C30H28N2O3. The van der Waals surface area contributed by atoms with Gasteiger partial charge in [0, 0.05) is 17.5 Å². The summed E-state index contributed by atoms with van der Waals surface area (Å²) >= 11 is 0. The van der Waals surface area contributed by atoms with Crippen molar-refractivity contribution in [3.8, 4) is 11.1 Å². The fourth-order valence-electron chi connectivity index (χ4n) is 6.07. The molecule has 2 unspecified atom stereocenters. The largest absolute Gasteiger partial charge is 0.448 e. The first-order valence-corrected chi connectivity index (χ1v) is 12.3. The molecular weight excluding hydrogens is 436 g/mol. The molecule has 0 radical (unpaired) electrons. The number of benzene rings is 3.